The number of rotatable bonds is 11. The SMILES string of the molecule is COc1ccc(COCCCCCn2nnc3c(C)c(/C=C/C(=O)O)ccc32)cc1. The fourth-order valence-electron chi connectivity index (χ4n) is 3.24. The Morgan fingerprint density at radius 3 is 2.67 bits per heavy atom. The van der Waals surface area contributed by atoms with Crippen LogP contribution in [-0.2, 0) is 22.7 Å². The number of carboxylic acids is 1. The van der Waals surface area contributed by atoms with Crippen molar-refractivity contribution in [1.29, 1.82) is 0 Å². The van der Waals surface area contributed by atoms with Crippen molar-refractivity contribution >= 4 is 23.1 Å². The van der Waals surface area contributed by atoms with Crippen LogP contribution in [0.15, 0.2) is 42.5 Å². The third kappa shape index (κ3) is 5.67. The van der Waals surface area contributed by atoms with Crippen molar-refractivity contribution in [2.75, 3.05) is 13.7 Å². The van der Waals surface area contributed by atoms with Crippen LogP contribution in [0.4, 0.5) is 0 Å². The second kappa shape index (κ2) is 10.5. The molecule has 1 N–H and O–H groups in total. The maximum Gasteiger partial charge on any atom is 0.328 e. The molecule has 3 rings (SSSR count). The quantitative estimate of drug-likeness (QED) is 0.377. The molecule has 30 heavy (non-hydrogen) atoms. The van der Waals surface area contributed by atoms with Crippen molar-refractivity contribution in [3.05, 3.63) is 59.2 Å². The van der Waals surface area contributed by atoms with E-state index in [9.17, 15) is 4.79 Å². The topological polar surface area (TPSA) is 86.5 Å². The van der Waals surface area contributed by atoms with Gasteiger partial charge in [0, 0.05) is 19.2 Å². The van der Waals surface area contributed by atoms with E-state index in [2.05, 4.69) is 10.3 Å². The Balaban J connectivity index is 1.42. The molecule has 0 bridgehead atoms. The molecular formula is C23H27N3O4. The number of hydrogen-bond donors (Lipinski definition) is 1. The van der Waals surface area contributed by atoms with E-state index in [-0.39, 0.29) is 0 Å². The van der Waals surface area contributed by atoms with E-state index in [1.54, 1.807) is 13.2 Å². The second-order valence-electron chi connectivity index (χ2n) is 7.09. The highest BCUT2D eigenvalue weighted by Crippen LogP contribution is 2.21. The van der Waals surface area contributed by atoms with Gasteiger partial charge in [-0.05, 0) is 67.2 Å². The Kier molecular flexibility index (Phi) is 7.57. The van der Waals surface area contributed by atoms with Gasteiger partial charge in [-0.1, -0.05) is 23.4 Å². The van der Waals surface area contributed by atoms with Crippen molar-refractivity contribution in [2.24, 2.45) is 0 Å². The van der Waals surface area contributed by atoms with Gasteiger partial charge in [0.1, 0.15) is 11.3 Å². The lowest BCUT2D eigenvalue weighted by Crippen LogP contribution is -2.02. The molecule has 0 atom stereocenters. The summed E-state index contributed by atoms with van der Waals surface area (Å²) in [6.07, 6.45) is 5.75. The number of aryl methyl sites for hydroxylation is 2. The lowest BCUT2D eigenvalue weighted by molar-refractivity contribution is -0.131. The Morgan fingerprint density at radius 1 is 1.13 bits per heavy atom. The van der Waals surface area contributed by atoms with Crippen LogP contribution in [0.5, 0.6) is 5.75 Å². The van der Waals surface area contributed by atoms with Gasteiger partial charge < -0.3 is 14.6 Å². The van der Waals surface area contributed by atoms with E-state index in [0.29, 0.717) is 6.61 Å². The van der Waals surface area contributed by atoms with Crippen LogP contribution >= 0.6 is 0 Å². The highest BCUT2D eigenvalue weighted by Gasteiger charge is 2.09. The Hall–Kier alpha value is -3.19. The number of hydrogen-bond acceptors (Lipinski definition) is 5. The highest BCUT2D eigenvalue weighted by molar-refractivity contribution is 5.88. The van der Waals surface area contributed by atoms with Gasteiger partial charge in [-0.3, -0.25) is 0 Å². The first kappa shape index (κ1) is 21.5. The predicted molar refractivity (Wildman–Crippen MR) is 115 cm³/mol. The summed E-state index contributed by atoms with van der Waals surface area (Å²) >= 11 is 0. The summed E-state index contributed by atoms with van der Waals surface area (Å²) in [6.45, 7) is 4.06. The minimum absolute atomic E-state index is 0.607. The molecule has 0 aliphatic carbocycles. The normalized spacial score (nSPS) is 11.4. The molecule has 2 aromatic carbocycles. The minimum Gasteiger partial charge on any atom is -0.497 e. The van der Waals surface area contributed by atoms with E-state index in [1.807, 2.05) is 48.0 Å². The van der Waals surface area contributed by atoms with Crippen LogP contribution in [-0.4, -0.2) is 39.8 Å². The molecule has 0 saturated carbocycles. The van der Waals surface area contributed by atoms with Crippen LogP contribution in [0.1, 0.15) is 36.0 Å². The van der Waals surface area contributed by atoms with Gasteiger partial charge in [0.2, 0.25) is 0 Å². The molecule has 0 aliphatic rings. The van der Waals surface area contributed by atoms with E-state index in [0.717, 1.165) is 72.0 Å². The van der Waals surface area contributed by atoms with Crippen molar-refractivity contribution in [1.82, 2.24) is 15.0 Å². The molecular weight excluding hydrogens is 382 g/mol. The van der Waals surface area contributed by atoms with Crippen molar-refractivity contribution in [3.8, 4) is 5.75 Å². The summed E-state index contributed by atoms with van der Waals surface area (Å²) in [6, 6.07) is 11.8. The molecule has 158 valence electrons. The number of carboxylic acid groups (broad SMARTS) is 1. The van der Waals surface area contributed by atoms with Gasteiger partial charge >= 0.3 is 5.97 Å². The zero-order chi connectivity index (χ0) is 21.3. The molecule has 7 nitrogen and oxygen atoms in total. The number of fused-ring (bicyclic) bond motifs is 1. The Labute approximate surface area is 175 Å². The predicted octanol–water partition coefficient (Wildman–Crippen LogP) is 4.23. The molecule has 0 saturated heterocycles. The first-order chi connectivity index (χ1) is 14.6. The third-order valence-corrected chi connectivity index (χ3v) is 4.97. The number of unbranched alkanes of at least 4 members (excludes halogenated alkanes) is 2. The van der Waals surface area contributed by atoms with Crippen LogP contribution < -0.4 is 4.74 Å². The van der Waals surface area contributed by atoms with E-state index in [4.69, 9.17) is 14.6 Å². The van der Waals surface area contributed by atoms with Gasteiger partial charge in [0.15, 0.2) is 0 Å². The van der Waals surface area contributed by atoms with Crippen LogP contribution in [0.2, 0.25) is 0 Å². The average Bonchev–Trinajstić information content (AvgIpc) is 3.16. The van der Waals surface area contributed by atoms with E-state index in [1.165, 1.54) is 0 Å². The number of aliphatic carboxylic acids is 1. The number of nitrogens with zero attached hydrogens (tertiary/aromatic N) is 3. The van der Waals surface area contributed by atoms with Crippen molar-refractivity contribution in [2.45, 2.75) is 39.3 Å². The molecule has 0 fully saturated rings. The number of carbonyl (C=O) groups is 1. The summed E-state index contributed by atoms with van der Waals surface area (Å²) in [5.74, 6) is -0.117. The standard InChI is InChI=1S/C23H27N3O4/c1-17-19(9-13-22(27)28)8-12-21-23(17)24-25-26(21)14-4-3-5-15-30-16-18-6-10-20(29-2)11-7-18/h6-13H,3-5,14-16H2,1-2H3,(H,27,28)/b13-9+. The number of benzene rings is 2. The number of aromatic nitrogens is 3. The van der Waals surface area contributed by atoms with Gasteiger partial charge in [0.25, 0.3) is 0 Å². The maximum absolute atomic E-state index is 10.7. The average molecular weight is 409 g/mol. The first-order valence-electron chi connectivity index (χ1n) is 10.0. The Morgan fingerprint density at radius 2 is 1.93 bits per heavy atom. The fourth-order valence-corrected chi connectivity index (χ4v) is 3.24. The molecule has 0 aliphatic heterocycles. The second-order valence-corrected chi connectivity index (χ2v) is 7.09. The van der Waals surface area contributed by atoms with Crippen molar-refractivity contribution in [3.63, 3.8) is 0 Å². The smallest absolute Gasteiger partial charge is 0.328 e. The molecule has 3 aromatic rings. The molecule has 1 aromatic heterocycles. The lowest BCUT2D eigenvalue weighted by atomic mass is 10.1. The Bertz CT molecular complexity index is 1010. The zero-order valence-corrected chi connectivity index (χ0v) is 17.4. The largest absolute Gasteiger partial charge is 0.497 e. The van der Waals surface area contributed by atoms with Crippen LogP contribution in [0.3, 0.4) is 0 Å². The molecule has 0 unspecified atom stereocenters. The summed E-state index contributed by atoms with van der Waals surface area (Å²) < 4.78 is 12.8. The fraction of sp³-hybridized carbons (Fsp3) is 0.348. The van der Waals surface area contributed by atoms with Crippen LogP contribution in [0.25, 0.3) is 17.1 Å². The van der Waals surface area contributed by atoms with E-state index < -0.39 is 5.97 Å². The monoisotopic (exact) mass is 409 g/mol. The molecule has 0 spiro atoms. The summed E-state index contributed by atoms with van der Waals surface area (Å²) in [5, 5.41) is 17.3. The van der Waals surface area contributed by atoms with E-state index >= 15 is 0 Å². The third-order valence-electron chi connectivity index (χ3n) is 4.97. The summed E-state index contributed by atoms with van der Waals surface area (Å²) in [5.41, 5.74) is 4.69. The summed E-state index contributed by atoms with van der Waals surface area (Å²) in [4.78, 5) is 10.7. The molecule has 0 amide bonds. The van der Waals surface area contributed by atoms with Crippen molar-refractivity contribution < 1.29 is 19.4 Å². The maximum atomic E-state index is 10.7. The minimum atomic E-state index is -0.967. The van der Waals surface area contributed by atoms with Gasteiger partial charge in [-0.15, -0.1) is 5.10 Å². The molecule has 0 radical (unpaired) electrons. The summed E-state index contributed by atoms with van der Waals surface area (Å²) in [7, 11) is 1.66. The van der Waals surface area contributed by atoms with Gasteiger partial charge in [0.05, 0.1) is 19.2 Å². The first-order valence-corrected chi connectivity index (χ1v) is 10.0. The molecule has 1 heterocycles. The van der Waals surface area contributed by atoms with Gasteiger partial charge in [-0.25, -0.2) is 9.48 Å². The zero-order valence-electron chi connectivity index (χ0n) is 17.4. The van der Waals surface area contributed by atoms with Gasteiger partial charge in [-0.2, -0.15) is 0 Å². The number of methoxy groups -OCH3 is 1. The number of ether oxygens (including phenoxy) is 2. The highest BCUT2D eigenvalue weighted by atomic mass is 16.5. The lowest BCUT2D eigenvalue weighted by Gasteiger charge is -2.06. The van der Waals surface area contributed by atoms with Crippen LogP contribution in [0, 0.1) is 6.92 Å². The molecule has 7 heteroatoms.